The van der Waals surface area contributed by atoms with Crippen LogP contribution in [-0.4, -0.2) is 105 Å². The van der Waals surface area contributed by atoms with Crippen molar-refractivity contribution in [1.29, 1.82) is 0 Å². The third-order valence-electron chi connectivity index (χ3n) is 5.21. The van der Waals surface area contributed by atoms with Gasteiger partial charge in [0.2, 0.25) is 5.91 Å². The van der Waals surface area contributed by atoms with Crippen LogP contribution in [0.1, 0.15) is 33.1 Å². The Labute approximate surface area is 163 Å². The number of hydrogen-bond donors (Lipinski definition) is 1. The summed E-state index contributed by atoms with van der Waals surface area (Å²) in [6.45, 7) is 10.4. The third-order valence-corrected chi connectivity index (χ3v) is 6.24. The maximum atomic E-state index is 12.6. The summed E-state index contributed by atoms with van der Waals surface area (Å²) in [6, 6.07) is -0.0699. The quantitative estimate of drug-likeness (QED) is 0.368. The molecular formula is C18H35N5O3S. The zero-order valence-corrected chi connectivity index (χ0v) is 17.8. The summed E-state index contributed by atoms with van der Waals surface area (Å²) < 4.78 is 22.5. The first-order valence-electron chi connectivity index (χ1n) is 10.1. The molecule has 1 atom stereocenters. The number of sulfone groups is 1. The Bertz CT molecular complexity index is 608. The number of piperazine rings is 1. The number of amides is 1. The molecule has 0 saturated carbocycles. The number of carbonyl (C=O) groups excluding carboxylic acids is 1. The second-order valence-corrected chi connectivity index (χ2v) is 9.71. The van der Waals surface area contributed by atoms with Gasteiger partial charge in [0.15, 0.2) is 5.96 Å². The lowest BCUT2D eigenvalue weighted by atomic mass is 10.2. The number of rotatable bonds is 7. The highest BCUT2D eigenvalue weighted by molar-refractivity contribution is 7.90. The molecule has 27 heavy (non-hydrogen) atoms. The number of nitrogens with zero attached hydrogens (tertiary/aromatic N) is 4. The minimum absolute atomic E-state index is 0.0699. The number of hydrogen-bond acceptors (Lipinski definition) is 5. The van der Waals surface area contributed by atoms with E-state index in [2.05, 4.69) is 20.1 Å². The Morgan fingerprint density at radius 2 is 1.70 bits per heavy atom. The maximum Gasteiger partial charge on any atom is 0.239 e. The van der Waals surface area contributed by atoms with E-state index in [1.54, 1.807) is 0 Å². The predicted molar refractivity (Wildman–Crippen MR) is 109 cm³/mol. The van der Waals surface area contributed by atoms with Crippen LogP contribution in [0, 0.1) is 0 Å². The summed E-state index contributed by atoms with van der Waals surface area (Å²) >= 11 is 0. The van der Waals surface area contributed by atoms with Crippen molar-refractivity contribution in [3.8, 4) is 0 Å². The predicted octanol–water partition coefficient (Wildman–Crippen LogP) is 0.0151. The van der Waals surface area contributed by atoms with Crippen molar-refractivity contribution in [2.75, 3.05) is 64.4 Å². The molecule has 1 amide bonds. The molecule has 2 fully saturated rings. The largest absolute Gasteiger partial charge is 0.357 e. The van der Waals surface area contributed by atoms with E-state index in [0.29, 0.717) is 13.0 Å². The van der Waals surface area contributed by atoms with Crippen molar-refractivity contribution in [2.24, 2.45) is 4.99 Å². The van der Waals surface area contributed by atoms with Gasteiger partial charge in [0.25, 0.3) is 0 Å². The van der Waals surface area contributed by atoms with Crippen molar-refractivity contribution in [1.82, 2.24) is 20.0 Å². The van der Waals surface area contributed by atoms with Gasteiger partial charge < -0.3 is 15.1 Å². The molecule has 8 nitrogen and oxygen atoms in total. The number of nitrogens with one attached hydrogen (secondary N) is 1. The topological polar surface area (TPSA) is 85.3 Å². The van der Waals surface area contributed by atoms with Crippen molar-refractivity contribution in [3.05, 3.63) is 0 Å². The second kappa shape index (κ2) is 10.3. The van der Waals surface area contributed by atoms with Crippen LogP contribution in [0.5, 0.6) is 0 Å². The van der Waals surface area contributed by atoms with Gasteiger partial charge in [-0.25, -0.2) is 8.42 Å². The summed E-state index contributed by atoms with van der Waals surface area (Å²) in [7, 11) is -2.94. The van der Waals surface area contributed by atoms with Crippen molar-refractivity contribution >= 4 is 21.7 Å². The van der Waals surface area contributed by atoms with E-state index >= 15 is 0 Å². The molecule has 2 aliphatic heterocycles. The van der Waals surface area contributed by atoms with Crippen LogP contribution in [0.4, 0.5) is 0 Å². The fraction of sp³-hybridized carbons (Fsp3) is 0.889. The number of carbonyl (C=O) groups is 1. The molecule has 0 aliphatic carbocycles. The molecule has 0 aromatic heterocycles. The van der Waals surface area contributed by atoms with Gasteiger partial charge in [0.05, 0.1) is 11.8 Å². The molecule has 2 aliphatic rings. The number of likely N-dealkylation sites (tertiary alicyclic amines) is 1. The van der Waals surface area contributed by atoms with Gasteiger partial charge in [0.1, 0.15) is 9.84 Å². The molecule has 2 heterocycles. The Morgan fingerprint density at radius 3 is 2.26 bits per heavy atom. The molecule has 1 N–H and O–H groups in total. The number of aliphatic imine (C=N–C) groups is 1. The monoisotopic (exact) mass is 401 g/mol. The summed E-state index contributed by atoms with van der Waals surface area (Å²) in [5.74, 6) is 1.26. The van der Waals surface area contributed by atoms with E-state index in [1.165, 1.54) is 6.26 Å². The molecule has 156 valence electrons. The van der Waals surface area contributed by atoms with Gasteiger partial charge >= 0.3 is 0 Å². The third kappa shape index (κ3) is 6.95. The van der Waals surface area contributed by atoms with Gasteiger partial charge in [-0.05, 0) is 33.1 Å². The average Bonchev–Trinajstić information content (AvgIpc) is 3.17. The van der Waals surface area contributed by atoms with Crippen molar-refractivity contribution in [2.45, 2.75) is 39.2 Å². The van der Waals surface area contributed by atoms with Crippen molar-refractivity contribution < 1.29 is 13.2 Å². The Kier molecular flexibility index (Phi) is 8.34. The number of guanidine groups is 1. The molecule has 1 unspecified atom stereocenters. The summed E-state index contributed by atoms with van der Waals surface area (Å²) in [4.78, 5) is 23.6. The van der Waals surface area contributed by atoms with E-state index in [9.17, 15) is 13.2 Å². The first kappa shape index (κ1) is 21.9. The summed E-state index contributed by atoms with van der Waals surface area (Å²) in [5.41, 5.74) is 0. The Hall–Kier alpha value is -1.35. The molecule has 0 aromatic carbocycles. The zero-order valence-electron chi connectivity index (χ0n) is 17.0. The van der Waals surface area contributed by atoms with Crippen LogP contribution in [0.2, 0.25) is 0 Å². The van der Waals surface area contributed by atoms with Gasteiger partial charge in [-0.15, -0.1) is 0 Å². The van der Waals surface area contributed by atoms with Crippen LogP contribution >= 0.6 is 0 Å². The summed E-state index contributed by atoms with van der Waals surface area (Å²) in [6.07, 6.45) is 4.03. The minimum atomic E-state index is -2.94. The van der Waals surface area contributed by atoms with E-state index < -0.39 is 9.84 Å². The Morgan fingerprint density at radius 1 is 1.07 bits per heavy atom. The lowest BCUT2D eigenvalue weighted by Gasteiger charge is -2.39. The molecule has 2 saturated heterocycles. The van der Waals surface area contributed by atoms with Crippen molar-refractivity contribution in [3.63, 3.8) is 0 Å². The molecule has 9 heteroatoms. The normalized spacial score (nSPS) is 20.8. The molecule has 2 rings (SSSR count). The minimum Gasteiger partial charge on any atom is -0.357 e. The van der Waals surface area contributed by atoms with E-state index in [4.69, 9.17) is 0 Å². The molecule has 0 aromatic rings. The smallest absolute Gasteiger partial charge is 0.239 e. The van der Waals surface area contributed by atoms with Gasteiger partial charge in [-0.1, -0.05) is 0 Å². The van der Waals surface area contributed by atoms with Crippen LogP contribution in [0.15, 0.2) is 4.99 Å². The molecule has 0 bridgehead atoms. The first-order valence-corrected chi connectivity index (χ1v) is 12.1. The van der Waals surface area contributed by atoms with Gasteiger partial charge in [0, 0.05) is 58.6 Å². The first-order chi connectivity index (χ1) is 12.8. The van der Waals surface area contributed by atoms with E-state index in [0.717, 1.165) is 64.6 Å². The highest BCUT2D eigenvalue weighted by atomic mass is 32.2. The fourth-order valence-corrected chi connectivity index (χ4v) is 4.27. The van der Waals surface area contributed by atoms with Gasteiger partial charge in [-0.3, -0.25) is 14.7 Å². The molecular weight excluding hydrogens is 366 g/mol. The average molecular weight is 402 g/mol. The van der Waals surface area contributed by atoms with Crippen LogP contribution in [-0.2, 0) is 14.6 Å². The molecule has 0 radical (unpaired) electrons. The van der Waals surface area contributed by atoms with Crippen LogP contribution in [0.25, 0.3) is 0 Å². The van der Waals surface area contributed by atoms with E-state index in [-0.39, 0.29) is 17.7 Å². The fourth-order valence-electron chi connectivity index (χ4n) is 3.62. The summed E-state index contributed by atoms with van der Waals surface area (Å²) in [5, 5.41) is 3.29. The zero-order chi connectivity index (χ0) is 19.9. The second-order valence-electron chi connectivity index (χ2n) is 7.45. The SMILES string of the molecule is CCNC(=NCCCS(C)(=O)=O)N1CCN(C(C)C(=O)N2CCCC2)CC1. The highest BCUT2D eigenvalue weighted by Gasteiger charge is 2.30. The lowest BCUT2D eigenvalue weighted by Crippen LogP contribution is -2.57. The molecule has 0 spiro atoms. The lowest BCUT2D eigenvalue weighted by molar-refractivity contribution is -0.135. The maximum absolute atomic E-state index is 12.6. The standard InChI is InChI=1S/C18H35N5O3S/c1-4-19-18(20-8-7-15-27(3,25)26)23-13-11-21(12-14-23)16(2)17(24)22-9-5-6-10-22/h16H,4-15H2,1-3H3,(H,19,20). The highest BCUT2D eigenvalue weighted by Crippen LogP contribution is 2.14. The van der Waals surface area contributed by atoms with E-state index in [1.807, 2.05) is 18.7 Å². The van der Waals surface area contributed by atoms with Crippen LogP contribution < -0.4 is 5.32 Å². The Balaban J connectivity index is 1.84. The van der Waals surface area contributed by atoms with Crippen LogP contribution in [0.3, 0.4) is 0 Å². The van der Waals surface area contributed by atoms with Gasteiger partial charge in [-0.2, -0.15) is 0 Å².